The van der Waals surface area contributed by atoms with Gasteiger partial charge in [-0.05, 0) is 87.6 Å². The maximum absolute atomic E-state index is 6.64. The second-order valence-electron chi connectivity index (χ2n) is 10.5. The van der Waals surface area contributed by atoms with E-state index in [1.807, 2.05) is 0 Å². The zero-order chi connectivity index (χ0) is 24.4. The van der Waals surface area contributed by atoms with E-state index in [2.05, 4.69) is 88.9 Å². The number of fused-ring (bicyclic) bond motifs is 2. The van der Waals surface area contributed by atoms with E-state index in [1.165, 1.54) is 44.6 Å². The van der Waals surface area contributed by atoms with Crippen molar-refractivity contribution in [1.82, 2.24) is 0 Å². The van der Waals surface area contributed by atoms with E-state index >= 15 is 0 Å². The summed E-state index contributed by atoms with van der Waals surface area (Å²) in [4.78, 5) is 2.48. The highest BCUT2D eigenvalue weighted by Crippen LogP contribution is 2.56. The Morgan fingerprint density at radius 2 is 1.37 bits per heavy atom. The summed E-state index contributed by atoms with van der Waals surface area (Å²) in [6.07, 6.45) is 0. The molecule has 0 saturated heterocycles. The number of anilines is 1. The van der Waals surface area contributed by atoms with Crippen molar-refractivity contribution in [3.05, 3.63) is 81.4 Å². The number of rotatable bonds is 4. The fourth-order valence-electron chi connectivity index (χ4n) is 6.06. The van der Waals surface area contributed by atoms with Crippen LogP contribution in [-0.4, -0.2) is 19.8 Å². The van der Waals surface area contributed by atoms with Crippen molar-refractivity contribution in [2.24, 2.45) is 0 Å². The summed E-state index contributed by atoms with van der Waals surface area (Å²) < 4.78 is 17.8. The Morgan fingerprint density at radius 1 is 0.829 bits per heavy atom. The molecule has 3 aromatic carbocycles. The maximum atomic E-state index is 6.64. The average molecular weight is 494 g/mol. The SMILES string of the molecule is COc1cc2c(cc1OC)CN(c1c(C)cc3c(c1C)C(C)(c1ccc(C)cc1)C(C)(C)O3)C2.Cl. The molecule has 4 nitrogen and oxygen atoms in total. The first-order chi connectivity index (χ1) is 16.1. The number of methoxy groups -OCH3 is 2. The lowest BCUT2D eigenvalue weighted by Gasteiger charge is -2.38. The first-order valence-electron chi connectivity index (χ1n) is 12.0. The molecular formula is C30H36ClNO3. The predicted molar refractivity (Wildman–Crippen MR) is 145 cm³/mol. The predicted octanol–water partition coefficient (Wildman–Crippen LogP) is 7.05. The van der Waals surface area contributed by atoms with Gasteiger partial charge in [0.15, 0.2) is 11.5 Å². The second-order valence-corrected chi connectivity index (χ2v) is 10.5. The molecule has 0 saturated carbocycles. The van der Waals surface area contributed by atoms with E-state index in [-0.39, 0.29) is 23.4 Å². The van der Waals surface area contributed by atoms with E-state index < -0.39 is 0 Å². The summed E-state index contributed by atoms with van der Waals surface area (Å²) in [6.45, 7) is 15.1. The Labute approximate surface area is 215 Å². The third-order valence-corrected chi connectivity index (χ3v) is 8.14. The van der Waals surface area contributed by atoms with E-state index in [1.54, 1.807) is 14.2 Å². The Hall–Kier alpha value is -2.85. The molecule has 0 N–H and O–H groups in total. The van der Waals surface area contributed by atoms with Crippen LogP contribution in [-0.2, 0) is 18.5 Å². The topological polar surface area (TPSA) is 30.9 Å². The molecule has 3 aromatic rings. The quantitative estimate of drug-likeness (QED) is 0.389. The number of benzene rings is 3. The minimum atomic E-state index is -0.366. The van der Waals surface area contributed by atoms with Gasteiger partial charge < -0.3 is 19.1 Å². The molecule has 2 aliphatic heterocycles. The molecule has 1 unspecified atom stereocenters. The standard InChI is InChI=1S/C30H35NO3.ClH/c1-18-9-11-23(12-10-18)30(6)27-20(3)28(19(2)13-26(27)34-29(30,4)5)31-16-21-14-24(32-7)25(33-8)15-22(21)17-31;/h9-15H,16-17H2,1-8H3;1H. The molecule has 1 atom stereocenters. The van der Waals surface area contributed by atoms with Gasteiger partial charge in [0.2, 0.25) is 0 Å². The molecule has 0 bridgehead atoms. The van der Waals surface area contributed by atoms with Crippen LogP contribution in [0.3, 0.4) is 0 Å². The van der Waals surface area contributed by atoms with Crippen LogP contribution in [0.5, 0.6) is 17.2 Å². The summed E-state index contributed by atoms with van der Waals surface area (Å²) in [6, 6.07) is 15.4. The van der Waals surface area contributed by atoms with Crippen molar-refractivity contribution in [3.8, 4) is 17.2 Å². The molecule has 5 heteroatoms. The van der Waals surface area contributed by atoms with Gasteiger partial charge in [0.1, 0.15) is 11.4 Å². The molecule has 2 aliphatic rings. The first kappa shape index (κ1) is 25.2. The zero-order valence-corrected chi connectivity index (χ0v) is 22.9. The summed E-state index contributed by atoms with van der Waals surface area (Å²) in [5.74, 6) is 2.58. The molecule has 0 aromatic heterocycles. The van der Waals surface area contributed by atoms with Gasteiger partial charge in [-0.15, -0.1) is 12.4 Å². The van der Waals surface area contributed by atoms with Gasteiger partial charge in [-0.2, -0.15) is 0 Å². The van der Waals surface area contributed by atoms with Crippen LogP contribution >= 0.6 is 12.4 Å². The summed E-state index contributed by atoms with van der Waals surface area (Å²) >= 11 is 0. The fraction of sp³-hybridized carbons (Fsp3) is 0.400. The van der Waals surface area contributed by atoms with E-state index in [9.17, 15) is 0 Å². The highest BCUT2D eigenvalue weighted by molar-refractivity contribution is 5.85. The minimum Gasteiger partial charge on any atom is -0.493 e. The number of aryl methyl sites for hydroxylation is 2. The van der Waals surface area contributed by atoms with Crippen molar-refractivity contribution in [1.29, 1.82) is 0 Å². The van der Waals surface area contributed by atoms with E-state index in [0.29, 0.717) is 0 Å². The fourth-order valence-corrected chi connectivity index (χ4v) is 6.06. The Bertz CT molecular complexity index is 1250. The number of nitrogens with zero attached hydrogens (tertiary/aromatic N) is 1. The van der Waals surface area contributed by atoms with Gasteiger partial charge in [-0.1, -0.05) is 29.8 Å². The normalized spacial score (nSPS) is 19.5. The van der Waals surface area contributed by atoms with Crippen LogP contribution in [0.15, 0.2) is 42.5 Å². The highest BCUT2D eigenvalue weighted by Gasteiger charge is 2.54. The zero-order valence-electron chi connectivity index (χ0n) is 22.0. The lowest BCUT2D eigenvalue weighted by atomic mass is 9.66. The van der Waals surface area contributed by atoms with Crippen LogP contribution in [0, 0.1) is 20.8 Å². The van der Waals surface area contributed by atoms with Crippen molar-refractivity contribution in [2.75, 3.05) is 19.1 Å². The van der Waals surface area contributed by atoms with E-state index in [0.717, 1.165) is 30.3 Å². The lowest BCUT2D eigenvalue weighted by molar-refractivity contribution is 0.0811. The smallest absolute Gasteiger partial charge is 0.161 e. The monoisotopic (exact) mass is 493 g/mol. The van der Waals surface area contributed by atoms with Gasteiger partial charge in [0, 0.05) is 24.3 Å². The summed E-state index contributed by atoms with van der Waals surface area (Å²) in [7, 11) is 3.39. The molecule has 0 radical (unpaired) electrons. The Kier molecular flexibility index (Phi) is 6.25. The number of halogens is 1. The lowest BCUT2D eigenvalue weighted by Crippen LogP contribution is -2.45. The van der Waals surface area contributed by atoms with Crippen LogP contribution < -0.4 is 19.1 Å². The number of ether oxygens (including phenoxy) is 3. The molecule has 0 fully saturated rings. The molecule has 0 spiro atoms. The Balaban J connectivity index is 0.00000289. The van der Waals surface area contributed by atoms with E-state index in [4.69, 9.17) is 14.2 Å². The van der Waals surface area contributed by atoms with Crippen LogP contribution in [0.2, 0.25) is 0 Å². The molecule has 186 valence electrons. The van der Waals surface area contributed by atoms with Crippen molar-refractivity contribution in [2.45, 2.75) is 65.6 Å². The van der Waals surface area contributed by atoms with Gasteiger partial charge in [-0.3, -0.25) is 0 Å². The van der Waals surface area contributed by atoms with Crippen LogP contribution in [0.1, 0.15) is 59.7 Å². The molecule has 2 heterocycles. The van der Waals surface area contributed by atoms with Crippen LogP contribution in [0.25, 0.3) is 0 Å². The van der Waals surface area contributed by atoms with Gasteiger partial charge in [0.25, 0.3) is 0 Å². The van der Waals surface area contributed by atoms with Crippen molar-refractivity contribution >= 4 is 18.1 Å². The Morgan fingerprint density at radius 3 is 1.89 bits per heavy atom. The third kappa shape index (κ3) is 3.65. The maximum Gasteiger partial charge on any atom is 0.161 e. The van der Waals surface area contributed by atoms with Gasteiger partial charge in [-0.25, -0.2) is 0 Å². The van der Waals surface area contributed by atoms with Gasteiger partial charge >= 0.3 is 0 Å². The first-order valence-corrected chi connectivity index (χ1v) is 12.0. The molecule has 0 aliphatic carbocycles. The minimum absolute atomic E-state index is 0. The molecule has 5 rings (SSSR count). The van der Waals surface area contributed by atoms with Crippen molar-refractivity contribution in [3.63, 3.8) is 0 Å². The van der Waals surface area contributed by atoms with Gasteiger partial charge in [0.05, 0.1) is 19.6 Å². The largest absolute Gasteiger partial charge is 0.493 e. The summed E-state index contributed by atoms with van der Waals surface area (Å²) in [5, 5.41) is 0. The third-order valence-electron chi connectivity index (χ3n) is 8.14. The summed E-state index contributed by atoms with van der Waals surface area (Å²) in [5.41, 5.74) is 9.65. The average Bonchev–Trinajstić information content (AvgIpc) is 3.28. The molecular weight excluding hydrogens is 458 g/mol. The highest BCUT2D eigenvalue weighted by atomic mass is 35.5. The number of hydrogen-bond donors (Lipinski definition) is 0. The molecule has 0 amide bonds. The van der Waals surface area contributed by atoms with Crippen molar-refractivity contribution < 1.29 is 14.2 Å². The number of hydrogen-bond acceptors (Lipinski definition) is 4. The molecule has 35 heavy (non-hydrogen) atoms. The van der Waals surface area contributed by atoms with Crippen LogP contribution in [0.4, 0.5) is 5.69 Å². The second kappa shape index (κ2) is 8.67.